The van der Waals surface area contributed by atoms with Gasteiger partial charge in [-0.15, -0.1) is 5.10 Å². The van der Waals surface area contributed by atoms with Gasteiger partial charge in [0.2, 0.25) is 0 Å². The van der Waals surface area contributed by atoms with Crippen molar-refractivity contribution < 1.29 is 14.7 Å². The van der Waals surface area contributed by atoms with E-state index in [0.29, 0.717) is 11.3 Å². The summed E-state index contributed by atoms with van der Waals surface area (Å²) in [4.78, 5) is 25.4. The summed E-state index contributed by atoms with van der Waals surface area (Å²) in [5.41, 5.74) is 2.51. The van der Waals surface area contributed by atoms with Gasteiger partial charge in [0, 0.05) is 19.7 Å². The Labute approximate surface area is 144 Å². The predicted molar refractivity (Wildman–Crippen MR) is 91.8 cm³/mol. The van der Waals surface area contributed by atoms with E-state index in [2.05, 4.69) is 10.3 Å². The summed E-state index contributed by atoms with van der Waals surface area (Å²) in [6.45, 7) is 0. The number of carbonyl (C=O) groups excluding carboxylic acids is 1. The van der Waals surface area contributed by atoms with E-state index in [1.807, 2.05) is 30.3 Å². The molecule has 0 atom stereocenters. The largest absolute Gasteiger partial charge is 0.476 e. The molecule has 0 fully saturated rings. The minimum absolute atomic E-state index is 0.0734. The van der Waals surface area contributed by atoms with Gasteiger partial charge in [0.15, 0.2) is 5.69 Å². The van der Waals surface area contributed by atoms with Crippen LogP contribution in [0.4, 0.5) is 0 Å². The average molecular weight is 336 g/mol. The van der Waals surface area contributed by atoms with Crippen molar-refractivity contribution in [3.63, 3.8) is 0 Å². The lowest BCUT2D eigenvalue weighted by molar-refractivity contribution is 0.0686. The molecule has 1 N–H and O–H groups in total. The number of carboxylic acids is 1. The fraction of sp³-hybridized carbons (Fsp3) is 0.111. The molecule has 3 aromatic rings. The summed E-state index contributed by atoms with van der Waals surface area (Å²) >= 11 is 0. The standard InChI is InChI=1S/C18H16N4O3/c1-21(2)17(23)15-10-13(22-16(18(24)25)11-19-20-22)8-9-14(15)12-6-4-3-5-7-12/h3-11H,1-2H3,(H,24,25). The van der Waals surface area contributed by atoms with Crippen molar-refractivity contribution in [3.8, 4) is 16.8 Å². The van der Waals surface area contributed by atoms with Crippen LogP contribution in [0.25, 0.3) is 16.8 Å². The molecule has 0 bridgehead atoms. The highest BCUT2D eigenvalue weighted by atomic mass is 16.4. The number of nitrogens with zero attached hydrogens (tertiary/aromatic N) is 4. The summed E-state index contributed by atoms with van der Waals surface area (Å²) in [6, 6.07) is 14.7. The molecular formula is C18H16N4O3. The molecule has 2 aromatic carbocycles. The van der Waals surface area contributed by atoms with Gasteiger partial charge in [-0.3, -0.25) is 4.79 Å². The van der Waals surface area contributed by atoms with Crippen LogP contribution in [0, 0.1) is 0 Å². The van der Waals surface area contributed by atoms with Crippen LogP contribution in [0.1, 0.15) is 20.8 Å². The third-order valence-corrected chi connectivity index (χ3v) is 3.74. The minimum atomic E-state index is -1.14. The molecule has 0 spiro atoms. The van der Waals surface area contributed by atoms with Crippen molar-refractivity contribution in [3.05, 3.63) is 66.0 Å². The van der Waals surface area contributed by atoms with Crippen LogP contribution in [0.15, 0.2) is 54.7 Å². The van der Waals surface area contributed by atoms with Gasteiger partial charge in [-0.05, 0) is 23.3 Å². The first kappa shape index (κ1) is 16.4. The topological polar surface area (TPSA) is 88.3 Å². The number of aromatic carboxylic acids is 1. The lowest BCUT2D eigenvalue weighted by Gasteiger charge is -2.16. The smallest absolute Gasteiger partial charge is 0.356 e. The van der Waals surface area contributed by atoms with Gasteiger partial charge in [0.25, 0.3) is 5.91 Å². The molecule has 7 nitrogen and oxygen atoms in total. The van der Waals surface area contributed by atoms with Crippen molar-refractivity contribution in [1.29, 1.82) is 0 Å². The lowest BCUT2D eigenvalue weighted by Crippen LogP contribution is -2.22. The maximum Gasteiger partial charge on any atom is 0.356 e. The van der Waals surface area contributed by atoms with Crippen LogP contribution in [0.2, 0.25) is 0 Å². The molecular weight excluding hydrogens is 320 g/mol. The van der Waals surface area contributed by atoms with Gasteiger partial charge < -0.3 is 10.0 Å². The highest BCUT2D eigenvalue weighted by Crippen LogP contribution is 2.27. The van der Waals surface area contributed by atoms with E-state index in [4.69, 9.17) is 0 Å². The Balaban J connectivity index is 2.19. The van der Waals surface area contributed by atoms with Gasteiger partial charge >= 0.3 is 5.97 Å². The first-order valence-electron chi connectivity index (χ1n) is 7.54. The van der Waals surface area contributed by atoms with Crippen LogP contribution in [0.3, 0.4) is 0 Å². The predicted octanol–water partition coefficient (Wildman–Crippen LogP) is 2.33. The number of carbonyl (C=O) groups is 2. The Bertz CT molecular complexity index is 933. The van der Waals surface area contributed by atoms with Gasteiger partial charge in [-0.25, -0.2) is 9.48 Å². The maximum absolute atomic E-state index is 12.6. The molecule has 0 saturated carbocycles. The zero-order valence-corrected chi connectivity index (χ0v) is 13.7. The molecule has 0 aliphatic heterocycles. The molecule has 126 valence electrons. The molecule has 1 heterocycles. The number of amides is 1. The lowest BCUT2D eigenvalue weighted by atomic mass is 9.98. The second kappa shape index (κ2) is 6.56. The average Bonchev–Trinajstić information content (AvgIpc) is 3.11. The summed E-state index contributed by atoms with van der Waals surface area (Å²) in [7, 11) is 3.34. The van der Waals surface area contributed by atoms with Crippen molar-refractivity contribution in [1.82, 2.24) is 19.9 Å². The van der Waals surface area contributed by atoms with Crippen molar-refractivity contribution >= 4 is 11.9 Å². The third kappa shape index (κ3) is 3.12. The van der Waals surface area contributed by atoms with Crippen molar-refractivity contribution in [2.24, 2.45) is 0 Å². The first-order chi connectivity index (χ1) is 12.0. The molecule has 3 rings (SSSR count). The molecule has 7 heteroatoms. The second-order valence-electron chi connectivity index (χ2n) is 5.63. The van der Waals surface area contributed by atoms with E-state index in [0.717, 1.165) is 11.1 Å². The Morgan fingerprint density at radius 2 is 1.80 bits per heavy atom. The minimum Gasteiger partial charge on any atom is -0.476 e. The summed E-state index contributed by atoms with van der Waals surface area (Å²) in [6.07, 6.45) is 1.17. The van der Waals surface area contributed by atoms with Crippen LogP contribution < -0.4 is 0 Å². The van der Waals surface area contributed by atoms with Gasteiger partial charge in [0.1, 0.15) is 0 Å². The summed E-state index contributed by atoms with van der Waals surface area (Å²) in [5, 5.41) is 16.7. The fourth-order valence-corrected chi connectivity index (χ4v) is 2.52. The molecule has 1 amide bonds. The summed E-state index contributed by atoms with van der Waals surface area (Å²) in [5.74, 6) is -1.32. The van der Waals surface area contributed by atoms with Crippen molar-refractivity contribution in [2.75, 3.05) is 14.1 Å². The zero-order valence-electron chi connectivity index (χ0n) is 13.7. The molecule has 0 radical (unpaired) electrons. The zero-order chi connectivity index (χ0) is 18.0. The van der Waals surface area contributed by atoms with E-state index >= 15 is 0 Å². The number of carboxylic acid groups (broad SMARTS) is 1. The summed E-state index contributed by atoms with van der Waals surface area (Å²) < 4.78 is 1.20. The van der Waals surface area contributed by atoms with E-state index in [-0.39, 0.29) is 11.6 Å². The molecule has 0 aliphatic rings. The van der Waals surface area contributed by atoms with E-state index < -0.39 is 5.97 Å². The monoisotopic (exact) mass is 336 g/mol. The fourth-order valence-electron chi connectivity index (χ4n) is 2.52. The Hall–Kier alpha value is -3.48. The Kier molecular flexibility index (Phi) is 4.30. The quantitative estimate of drug-likeness (QED) is 0.790. The number of rotatable bonds is 4. The number of benzene rings is 2. The Morgan fingerprint density at radius 3 is 2.44 bits per heavy atom. The van der Waals surface area contributed by atoms with E-state index in [9.17, 15) is 14.7 Å². The molecule has 0 saturated heterocycles. The number of hydrogen-bond acceptors (Lipinski definition) is 4. The highest BCUT2D eigenvalue weighted by Gasteiger charge is 2.19. The van der Waals surface area contributed by atoms with Gasteiger partial charge in [-0.1, -0.05) is 41.6 Å². The first-order valence-corrected chi connectivity index (χ1v) is 7.54. The molecule has 0 unspecified atom stereocenters. The second-order valence-corrected chi connectivity index (χ2v) is 5.63. The van der Waals surface area contributed by atoms with Gasteiger partial charge in [-0.2, -0.15) is 0 Å². The van der Waals surface area contributed by atoms with Crippen LogP contribution >= 0.6 is 0 Å². The number of aromatic nitrogens is 3. The normalized spacial score (nSPS) is 10.5. The number of hydrogen-bond donors (Lipinski definition) is 1. The van der Waals surface area contributed by atoms with Crippen LogP contribution in [-0.4, -0.2) is 51.0 Å². The Morgan fingerprint density at radius 1 is 1.08 bits per heavy atom. The highest BCUT2D eigenvalue weighted by molar-refractivity contribution is 6.01. The van der Waals surface area contributed by atoms with Crippen LogP contribution in [0.5, 0.6) is 0 Å². The maximum atomic E-state index is 12.6. The van der Waals surface area contributed by atoms with Gasteiger partial charge in [0.05, 0.1) is 11.9 Å². The third-order valence-electron chi connectivity index (χ3n) is 3.74. The molecule has 25 heavy (non-hydrogen) atoms. The van der Waals surface area contributed by atoms with E-state index in [1.54, 1.807) is 32.3 Å². The molecule has 1 aromatic heterocycles. The molecule has 0 aliphatic carbocycles. The SMILES string of the molecule is CN(C)C(=O)c1cc(-n2nncc2C(=O)O)ccc1-c1ccccc1. The van der Waals surface area contributed by atoms with Crippen molar-refractivity contribution in [2.45, 2.75) is 0 Å². The van der Waals surface area contributed by atoms with E-state index in [1.165, 1.54) is 15.8 Å². The van der Waals surface area contributed by atoms with Crippen LogP contribution in [-0.2, 0) is 0 Å².